The minimum absolute atomic E-state index is 0.0462. The van der Waals surface area contributed by atoms with Gasteiger partial charge in [0, 0.05) is 30.7 Å². The summed E-state index contributed by atoms with van der Waals surface area (Å²) in [5.74, 6) is 0.456. The number of halogens is 1. The molecule has 21 heavy (non-hydrogen) atoms. The number of aliphatic hydroxyl groups is 1. The van der Waals surface area contributed by atoms with Crippen LogP contribution in [0.2, 0.25) is 0 Å². The third-order valence-electron chi connectivity index (χ3n) is 3.89. The van der Waals surface area contributed by atoms with E-state index in [0.717, 1.165) is 30.6 Å². The second-order valence-electron chi connectivity index (χ2n) is 5.73. The first-order chi connectivity index (χ1) is 9.98. The van der Waals surface area contributed by atoms with Gasteiger partial charge in [0.15, 0.2) is 0 Å². The predicted molar refractivity (Wildman–Crippen MR) is 82.8 cm³/mol. The van der Waals surface area contributed by atoms with Crippen molar-refractivity contribution in [2.24, 2.45) is 0 Å². The Morgan fingerprint density at radius 3 is 2.57 bits per heavy atom. The largest absolute Gasteiger partial charge is 0.388 e. The molecule has 0 spiro atoms. The van der Waals surface area contributed by atoms with Crippen LogP contribution in [0.5, 0.6) is 0 Å². The Balaban J connectivity index is 1.72. The van der Waals surface area contributed by atoms with Crippen LogP contribution in [0.1, 0.15) is 32.1 Å². The molecule has 1 saturated carbocycles. The number of nitrogens with zero attached hydrogens (tertiary/aromatic N) is 1. The summed E-state index contributed by atoms with van der Waals surface area (Å²) in [5.41, 5.74) is -0.686. The van der Waals surface area contributed by atoms with E-state index in [4.69, 9.17) is 0 Å². The smallest absolute Gasteiger partial charge is 0.223 e. The molecule has 0 aromatic heterocycles. The third-order valence-corrected chi connectivity index (χ3v) is 4.90. The summed E-state index contributed by atoms with van der Waals surface area (Å²) in [5, 5.41) is 10.3. The van der Waals surface area contributed by atoms with Crippen LogP contribution in [0.25, 0.3) is 0 Å². The average molecular weight is 311 g/mol. The number of carbonyl (C=O) groups excluding carboxylic acids is 1. The fraction of sp³-hybridized carbons (Fsp3) is 0.562. The number of likely N-dealkylation sites (N-methyl/N-ethyl adjacent to an activating group) is 1. The van der Waals surface area contributed by atoms with Gasteiger partial charge in [0.1, 0.15) is 5.82 Å². The number of carbonyl (C=O) groups is 1. The van der Waals surface area contributed by atoms with E-state index in [0.29, 0.717) is 18.7 Å². The van der Waals surface area contributed by atoms with Crippen LogP contribution in [0.4, 0.5) is 4.39 Å². The van der Waals surface area contributed by atoms with Crippen molar-refractivity contribution in [1.29, 1.82) is 0 Å². The highest BCUT2D eigenvalue weighted by molar-refractivity contribution is 7.99. The molecule has 3 nitrogen and oxygen atoms in total. The molecule has 1 fully saturated rings. The van der Waals surface area contributed by atoms with Gasteiger partial charge >= 0.3 is 0 Å². The van der Waals surface area contributed by atoms with E-state index in [1.807, 2.05) is 0 Å². The van der Waals surface area contributed by atoms with E-state index in [1.54, 1.807) is 35.8 Å². The van der Waals surface area contributed by atoms with Crippen molar-refractivity contribution in [3.8, 4) is 0 Å². The molecule has 0 heterocycles. The van der Waals surface area contributed by atoms with Crippen molar-refractivity contribution in [2.45, 2.75) is 42.6 Å². The van der Waals surface area contributed by atoms with Gasteiger partial charge in [0.05, 0.1) is 5.60 Å². The molecule has 1 amide bonds. The Kier molecular flexibility index (Phi) is 5.65. The summed E-state index contributed by atoms with van der Waals surface area (Å²) in [7, 11) is 1.75. The first kappa shape index (κ1) is 16.3. The maximum Gasteiger partial charge on any atom is 0.223 e. The Morgan fingerprint density at radius 2 is 1.95 bits per heavy atom. The lowest BCUT2D eigenvalue weighted by atomic mass is 10.0. The molecule has 0 aliphatic heterocycles. The predicted octanol–water partition coefficient (Wildman–Crippen LogP) is 3.07. The summed E-state index contributed by atoms with van der Waals surface area (Å²) < 4.78 is 12.8. The van der Waals surface area contributed by atoms with Crippen molar-refractivity contribution in [3.05, 3.63) is 30.1 Å². The summed E-state index contributed by atoms with van der Waals surface area (Å²) in [6.45, 7) is 0.424. The molecule has 0 atom stereocenters. The summed E-state index contributed by atoms with van der Waals surface area (Å²) in [6.07, 6.45) is 4.08. The molecule has 1 aromatic rings. The maximum absolute atomic E-state index is 12.8. The standard InChI is InChI=1S/C16H22FNO2S/c1-18(12-16(20)9-2-3-10-16)15(19)8-11-21-14-6-4-13(17)5-7-14/h4-7,20H,2-3,8-12H2,1H3. The average Bonchev–Trinajstić information content (AvgIpc) is 2.87. The number of hydrogen-bond acceptors (Lipinski definition) is 3. The lowest BCUT2D eigenvalue weighted by Gasteiger charge is -2.28. The molecule has 0 unspecified atom stereocenters. The molecule has 0 bridgehead atoms. The van der Waals surface area contributed by atoms with Crippen LogP contribution >= 0.6 is 11.8 Å². The molecular weight excluding hydrogens is 289 g/mol. The van der Waals surface area contributed by atoms with Gasteiger partial charge < -0.3 is 10.0 Å². The monoisotopic (exact) mass is 311 g/mol. The van der Waals surface area contributed by atoms with Crippen molar-refractivity contribution in [1.82, 2.24) is 4.90 Å². The lowest BCUT2D eigenvalue weighted by Crippen LogP contribution is -2.42. The number of hydrogen-bond donors (Lipinski definition) is 1. The van der Waals surface area contributed by atoms with E-state index < -0.39 is 5.60 Å². The zero-order valence-corrected chi connectivity index (χ0v) is 13.2. The van der Waals surface area contributed by atoms with Crippen LogP contribution in [-0.2, 0) is 4.79 Å². The van der Waals surface area contributed by atoms with Crippen LogP contribution in [0.15, 0.2) is 29.2 Å². The Morgan fingerprint density at radius 1 is 1.33 bits per heavy atom. The van der Waals surface area contributed by atoms with Crippen LogP contribution in [0, 0.1) is 5.82 Å². The third kappa shape index (κ3) is 5.00. The van der Waals surface area contributed by atoms with Gasteiger partial charge in [-0.05, 0) is 37.1 Å². The van der Waals surface area contributed by atoms with Gasteiger partial charge in [-0.2, -0.15) is 0 Å². The van der Waals surface area contributed by atoms with E-state index in [1.165, 1.54) is 12.1 Å². The highest BCUT2D eigenvalue weighted by Gasteiger charge is 2.33. The van der Waals surface area contributed by atoms with Crippen molar-refractivity contribution < 1.29 is 14.3 Å². The number of rotatable bonds is 6. The summed E-state index contributed by atoms with van der Waals surface area (Å²) in [4.78, 5) is 14.7. The van der Waals surface area contributed by atoms with Gasteiger partial charge in [0.25, 0.3) is 0 Å². The molecule has 5 heteroatoms. The van der Waals surface area contributed by atoms with Gasteiger partial charge in [-0.1, -0.05) is 12.8 Å². The van der Waals surface area contributed by atoms with E-state index >= 15 is 0 Å². The minimum atomic E-state index is -0.686. The second kappa shape index (κ2) is 7.27. The number of benzene rings is 1. The fourth-order valence-electron chi connectivity index (χ4n) is 2.70. The second-order valence-corrected chi connectivity index (χ2v) is 6.90. The fourth-order valence-corrected chi connectivity index (χ4v) is 3.54. The molecular formula is C16H22FNO2S. The first-order valence-electron chi connectivity index (χ1n) is 7.33. The number of thioether (sulfide) groups is 1. The Labute approximate surface area is 129 Å². The molecule has 1 aliphatic rings. The Hall–Kier alpha value is -1.07. The normalized spacial score (nSPS) is 16.9. The zero-order chi connectivity index (χ0) is 15.3. The van der Waals surface area contributed by atoms with Crippen LogP contribution in [-0.4, -0.2) is 40.9 Å². The topological polar surface area (TPSA) is 40.5 Å². The molecule has 0 saturated heterocycles. The molecule has 0 radical (unpaired) electrons. The van der Waals surface area contributed by atoms with E-state index in [9.17, 15) is 14.3 Å². The molecule has 1 aromatic carbocycles. The van der Waals surface area contributed by atoms with Gasteiger partial charge in [0.2, 0.25) is 5.91 Å². The maximum atomic E-state index is 12.8. The summed E-state index contributed by atoms with van der Waals surface area (Å²) >= 11 is 1.54. The lowest BCUT2D eigenvalue weighted by molar-refractivity contribution is -0.132. The molecule has 116 valence electrons. The zero-order valence-electron chi connectivity index (χ0n) is 12.3. The van der Waals surface area contributed by atoms with E-state index in [2.05, 4.69) is 0 Å². The minimum Gasteiger partial charge on any atom is -0.388 e. The van der Waals surface area contributed by atoms with Crippen LogP contribution in [0.3, 0.4) is 0 Å². The number of amides is 1. The van der Waals surface area contributed by atoms with Crippen molar-refractivity contribution >= 4 is 17.7 Å². The highest BCUT2D eigenvalue weighted by atomic mass is 32.2. The first-order valence-corrected chi connectivity index (χ1v) is 8.32. The quantitative estimate of drug-likeness (QED) is 0.821. The van der Waals surface area contributed by atoms with Gasteiger partial charge in [-0.15, -0.1) is 11.8 Å². The SMILES string of the molecule is CN(CC1(O)CCCC1)C(=O)CCSc1ccc(F)cc1. The molecule has 2 rings (SSSR count). The highest BCUT2D eigenvalue weighted by Crippen LogP contribution is 2.30. The molecule has 1 N–H and O–H groups in total. The van der Waals surface area contributed by atoms with Gasteiger partial charge in [-0.25, -0.2) is 4.39 Å². The van der Waals surface area contributed by atoms with Crippen LogP contribution < -0.4 is 0 Å². The Bertz CT molecular complexity index is 472. The van der Waals surface area contributed by atoms with Crippen molar-refractivity contribution in [3.63, 3.8) is 0 Å². The molecule has 1 aliphatic carbocycles. The van der Waals surface area contributed by atoms with Gasteiger partial charge in [-0.3, -0.25) is 4.79 Å². The summed E-state index contributed by atoms with van der Waals surface area (Å²) in [6, 6.07) is 6.28. The van der Waals surface area contributed by atoms with Crippen molar-refractivity contribution in [2.75, 3.05) is 19.3 Å². The van der Waals surface area contributed by atoms with E-state index in [-0.39, 0.29) is 11.7 Å².